The molecule has 2 rings (SSSR count). The molecular weight excluding hydrogens is 240 g/mol. The van der Waals surface area contributed by atoms with Crippen LogP contribution >= 0.6 is 11.6 Å². The van der Waals surface area contributed by atoms with Gasteiger partial charge in [0.2, 0.25) is 6.39 Å². The highest BCUT2D eigenvalue weighted by atomic mass is 35.5. The molecule has 0 atom stereocenters. The second-order valence-corrected chi connectivity index (χ2v) is 3.71. The Morgan fingerprint density at radius 3 is 3.06 bits per heavy atom. The first kappa shape index (κ1) is 11.4. The average molecular weight is 249 g/mol. The van der Waals surface area contributed by atoms with Crippen LogP contribution < -0.4 is 5.32 Å². The van der Waals surface area contributed by atoms with Gasteiger partial charge in [0.25, 0.3) is 0 Å². The molecule has 17 heavy (non-hydrogen) atoms. The van der Waals surface area contributed by atoms with Gasteiger partial charge in [-0.15, -0.1) is 0 Å². The fourth-order valence-corrected chi connectivity index (χ4v) is 1.61. The molecule has 0 spiro atoms. The Bertz CT molecular complexity index is 533. The number of aromatic nitrogens is 2. The van der Waals surface area contributed by atoms with Gasteiger partial charge in [-0.1, -0.05) is 22.8 Å². The van der Waals surface area contributed by atoms with Crippen molar-refractivity contribution in [2.24, 2.45) is 0 Å². The maximum absolute atomic E-state index is 8.97. The molecule has 0 unspecified atom stereocenters. The number of rotatable bonds is 4. The first-order valence-corrected chi connectivity index (χ1v) is 5.37. The van der Waals surface area contributed by atoms with Gasteiger partial charge >= 0.3 is 0 Å². The normalized spacial score (nSPS) is 9.88. The van der Waals surface area contributed by atoms with Gasteiger partial charge in [0, 0.05) is 13.0 Å². The second-order valence-electron chi connectivity index (χ2n) is 3.30. The SMILES string of the molecule is N#Cc1c(Cl)cccc1NCCc1ncon1. The third-order valence-electron chi connectivity index (χ3n) is 2.20. The molecule has 1 N–H and O–H groups in total. The van der Waals surface area contributed by atoms with Crippen molar-refractivity contribution in [3.05, 3.63) is 41.0 Å². The number of nitrogens with one attached hydrogen (secondary N) is 1. The lowest BCUT2D eigenvalue weighted by Gasteiger charge is -2.07. The number of nitrogens with zero attached hydrogens (tertiary/aromatic N) is 3. The highest BCUT2D eigenvalue weighted by molar-refractivity contribution is 6.32. The zero-order valence-electron chi connectivity index (χ0n) is 8.85. The Morgan fingerprint density at radius 1 is 1.47 bits per heavy atom. The van der Waals surface area contributed by atoms with Gasteiger partial charge in [-0.05, 0) is 12.1 Å². The number of benzene rings is 1. The fraction of sp³-hybridized carbons (Fsp3) is 0.182. The highest BCUT2D eigenvalue weighted by Gasteiger charge is 2.06. The predicted molar refractivity (Wildman–Crippen MR) is 62.7 cm³/mol. The van der Waals surface area contributed by atoms with E-state index >= 15 is 0 Å². The Labute approximate surface area is 103 Å². The smallest absolute Gasteiger partial charge is 0.213 e. The first-order chi connectivity index (χ1) is 8.31. The molecule has 86 valence electrons. The van der Waals surface area contributed by atoms with E-state index in [1.165, 1.54) is 6.39 Å². The van der Waals surface area contributed by atoms with E-state index in [9.17, 15) is 0 Å². The highest BCUT2D eigenvalue weighted by Crippen LogP contribution is 2.22. The van der Waals surface area contributed by atoms with Crippen LogP contribution in [0.15, 0.2) is 29.1 Å². The summed E-state index contributed by atoms with van der Waals surface area (Å²) in [5.41, 5.74) is 1.16. The van der Waals surface area contributed by atoms with Crippen LogP contribution in [0.4, 0.5) is 5.69 Å². The lowest BCUT2D eigenvalue weighted by Crippen LogP contribution is -2.07. The van der Waals surface area contributed by atoms with E-state index in [2.05, 4.69) is 26.0 Å². The van der Waals surface area contributed by atoms with Gasteiger partial charge in [-0.3, -0.25) is 0 Å². The van der Waals surface area contributed by atoms with Crippen LogP contribution in [0, 0.1) is 11.3 Å². The molecule has 1 heterocycles. The van der Waals surface area contributed by atoms with E-state index < -0.39 is 0 Å². The molecule has 0 saturated carbocycles. The van der Waals surface area contributed by atoms with Crippen molar-refractivity contribution in [2.45, 2.75) is 6.42 Å². The largest absolute Gasteiger partial charge is 0.383 e. The molecule has 0 aliphatic heterocycles. The minimum atomic E-state index is 0.442. The molecule has 1 aromatic carbocycles. The number of hydrogen-bond donors (Lipinski definition) is 1. The van der Waals surface area contributed by atoms with E-state index in [1.807, 2.05) is 0 Å². The van der Waals surface area contributed by atoms with E-state index in [0.717, 1.165) is 0 Å². The van der Waals surface area contributed by atoms with Crippen molar-refractivity contribution in [1.29, 1.82) is 5.26 Å². The van der Waals surface area contributed by atoms with Crippen LogP contribution in [0.3, 0.4) is 0 Å². The van der Waals surface area contributed by atoms with Gasteiger partial charge in [0.1, 0.15) is 6.07 Å². The number of anilines is 1. The summed E-state index contributed by atoms with van der Waals surface area (Å²) < 4.78 is 4.62. The molecule has 5 nitrogen and oxygen atoms in total. The third-order valence-corrected chi connectivity index (χ3v) is 2.51. The third kappa shape index (κ3) is 2.74. The minimum absolute atomic E-state index is 0.442. The summed E-state index contributed by atoms with van der Waals surface area (Å²) in [5, 5.41) is 16.2. The molecule has 0 amide bonds. The van der Waals surface area contributed by atoms with Crippen LogP contribution in [0.2, 0.25) is 5.02 Å². The van der Waals surface area contributed by atoms with Crippen LogP contribution in [0.25, 0.3) is 0 Å². The van der Waals surface area contributed by atoms with Gasteiger partial charge in [-0.2, -0.15) is 10.2 Å². The van der Waals surface area contributed by atoms with Crippen molar-refractivity contribution in [1.82, 2.24) is 10.1 Å². The molecule has 0 fully saturated rings. The lowest BCUT2D eigenvalue weighted by atomic mass is 10.2. The molecule has 0 aliphatic rings. The Morgan fingerprint density at radius 2 is 2.35 bits per heavy atom. The predicted octanol–water partition coefficient (Wildman–Crippen LogP) is 2.25. The zero-order valence-corrected chi connectivity index (χ0v) is 9.61. The fourth-order valence-electron chi connectivity index (χ4n) is 1.40. The molecule has 2 aromatic rings. The summed E-state index contributed by atoms with van der Waals surface area (Å²) in [6.07, 6.45) is 1.91. The molecule has 0 bridgehead atoms. The molecular formula is C11H9ClN4O. The van der Waals surface area contributed by atoms with E-state index in [0.29, 0.717) is 35.1 Å². The molecule has 0 saturated heterocycles. The number of halogens is 1. The minimum Gasteiger partial charge on any atom is -0.383 e. The van der Waals surface area contributed by atoms with Gasteiger partial charge in [0.15, 0.2) is 5.82 Å². The topological polar surface area (TPSA) is 74.7 Å². The number of nitriles is 1. The maximum atomic E-state index is 8.97. The van der Waals surface area contributed by atoms with E-state index in [1.54, 1.807) is 18.2 Å². The summed E-state index contributed by atoms with van der Waals surface area (Å²) in [5.74, 6) is 0.623. The van der Waals surface area contributed by atoms with Crippen molar-refractivity contribution in [3.8, 4) is 6.07 Å². The van der Waals surface area contributed by atoms with Crippen LogP contribution in [-0.2, 0) is 6.42 Å². The van der Waals surface area contributed by atoms with Crippen molar-refractivity contribution in [2.75, 3.05) is 11.9 Å². The summed E-state index contributed by atoms with van der Waals surface area (Å²) >= 11 is 5.91. The maximum Gasteiger partial charge on any atom is 0.213 e. The first-order valence-electron chi connectivity index (χ1n) is 4.99. The Kier molecular flexibility index (Phi) is 3.58. The molecule has 1 aromatic heterocycles. The monoisotopic (exact) mass is 248 g/mol. The van der Waals surface area contributed by atoms with Crippen molar-refractivity contribution < 1.29 is 4.52 Å². The number of hydrogen-bond acceptors (Lipinski definition) is 5. The lowest BCUT2D eigenvalue weighted by molar-refractivity contribution is 0.410. The molecule has 0 aliphatic carbocycles. The van der Waals surface area contributed by atoms with Crippen molar-refractivity contribution in [3.63, 3.8) is 0 Å². The molecule has 0 radical (unpaired) electrons. The Hall–Kier alpha value is -2.06. The summed E-state index contributed by atoms with van der Waals surface area (Å²) in [6.45, 7) is 0.606. The standard InChI is InChI=1S/C11H9ClN4O/c12-9-2-1-3-10(8(9)6-13)14-5-4-11-15-7-17-16-11/h1-3,7,14H,4-5H2. The van der Waals surface area contributed by atoms with Gasteiger partial charge in [-0.25, -0.2) is 0 Å². The van der Waals surface area contributed by atoms with E-state index in [4.69, 9.17) is 16.9 Å². The summed E-state index contributed by atoms with van der Waals surface area (Å²) in [6, 6.07) is 7.35. The van der Waals surface area contributed by atoms with Crippen LogP contribution in [-0.4, -0.2) is 16.7 Å². The van der Waals surface area contributed by atoms with Crippen LogP contribution in [0.1, 0.15) is 11.4 Å². The second kappa shape index (κ2) is 5.32. The van der Waals surface area contributed by atoms with Crippen molar-refractivity contribution >= 4 is 17.3 Å². The van der Waals surface area contributed by atoms with Gasteiger partial charge < -0.3 is 9.84 Å². The zero-order chi connectivity index (χ0) is 12.1. The van der Waals surface area contributed by atoms with Crippen LogP contribution in [0.5, 0.6) is 0 Å². The average Bonchev–Trinajstić information content (AvgIpc) is 2.82. The quantitative estimate of drug-likeness (QED) is 0.898. The molecule has 6 heteroatoms. The van der Waals surface area contributed by atoms with E-state index in [-0.39, 0.29) is 0 Å². The van der Waals surface area contributed by atoms with Gasteiger partial charge in [0.05, 0.1) is 16.3 Å². The Balaban J connectivity index is 2.00. The summed E-state index contributed by atoms with van der Waals surface area (Å²) in [4.78, 5) is 3.90. The summed E-state index contributed by atoms with van der Waals surface area (Å²) in [7, 11) is 0.